The fraction of sp³-hybridized carbons (Fsp3) is 0.200. The number of benzene rings is 2. The van der Waals surface area contributed by atoms with Crippen LogP contribution in [0.4, 0.5) is 10.1 Å². The number of anilines is 1. The molecule has 1 unspecified atom stereocenters. The lowest BCUT2D eigenvalue weighted by Crippen LogP contribution is -2.20. The van der Waals surface area contributed by atoms with E-state index < -0.39 is 0 Å². The molecule has 21 heavy (non-hydrogen) atoms. The molecule has 0 saturated carbocycles. The Hall–Kier alpha value is -1.79. The molecule has 6 heteroatoms. The van der Waals surface area contributed by atoms with Crippen molar-refractivity contribution in [1.82, 2.24) is 0 Å². The molecule has 2 aromatic rings. The maximum Gasteiger partial charge on any atom is 0.231 e. The van der Waals surface area contributed by atoms with Crippen molar-refractivity contribution in [2.24, 2.45) is 5.73 Å². The molecule has 0 spiro atoms. The maximum absolute atomic E-state index is 13.3. The number of ether oxygens (including phenoxy) is 2. The number of nitrogens with one attached hydrogen (secondary N) is 1. The minimum absolute atomic E-state index is 0.100. The largest absolute Gasteiger partial charge is 0.454 e. The summed E-state index contributed by atoms with van der Waals surface area (Å²) < 4.78 is 24.3. The summed E-state index contributed by atoms with van der Waals surface area (Å²) in [5.41, 5.74) is 7.62. The third-order valence-electron chi connectivity index (χ3n) is 3.30. The zero-order valence-corrected chi connectivity index (χ0v) is 12.7. The Kier molecular flexibility index (Phi) is 3.98. The molecule has 1 aliphatic rings. The highest BCUT2D eigenvalue weighted by Gasteiger charge is 2.17. The number of nitrogens with two attached hydrogens (primary N) is 1. The van der Waals surface area contributed by atoms with Crippen molar-refractivity contribution in [2.45, 2.75) is 6.04 Å². The summed E-state index contributed by atoms with van der Waals surface area (Å²) in [6, 6.07) is 10.4. The first-order chi connectivity index (χ1) is 10.2. The first-order valence-corrected chi connectivity index (χ1v) is 7.28. The van der Waals surface area contributed by atoms with Crippen molar-refractivity contribution in [3.63, 3.8) is 0 Å². The lowest BCUT2D eigenvalue weighted by molar-refractivity contribution is 0.174. The van der Waals surface area contributed by atoms with E-state index in [1.54, 1.807) is 12.1 Å². The molecule has 0 aromatic heterocycles. The molecule has 0 aliphatic carbocycles. The number of halogens is 2. The second kappa shape index (κ2) is 5.91. The Labute approximate surface area is 130 Å². The van der Waals surface area contributed by atoms with Gasteiger partial charge >= 0.3 is 0 Å². The van der Waals surface area contributed by atoms with Crippen molar-refractivity contribution in [3.8, 4) is 11.5 Å². The van der Waals surface area contributed by atoms with Gasteiger partial charge in [0.25, 0.3) is 0 Å². The third-order valence-corrected chi connectivity index (χ3v) is 3.90. The Balaban J connectivity index is 1.83. The highest BCUT2D eigenvalue weighted by molar-refractivity contribution is 9.10. The summed E-state index contributed by atoms with van der Waals surface area (Å²) in [5.74, 6) is 1.15. The molecule has 4 nitrogen and oxygen atoms in total. The van der Waals surface area contributed by atoms with E-state index in [4.69, 9.17) is 15.2 Å². The Morgan fingerprint density at radius 3 is 2.76 bits per heavy atom. The molecule has 0 fully saturated rings. The molecule has 1 aliphatic heterocycles. The van der Waals surface area contributed by atoms with Gasteiger partial charge in [-0.15, -0.1) is 0 Å². The van der Waals surface area contributed by atoms with Gasteiger partial charge in [0.2, 0.25) is 6.79 Å². The zero-order chi connectivity index (χ0) is 14.8. The van der Waals surface area contributed by atoms with Crippen molar-refractivity contribution >= 4 is 21.6 Å². The van der Waals surface area contributed by atoms with Crippen molar-refractivity contribution in [1.29, 1.82) is 0 Å². The van der Waals surface area contributed by atoms with Crippen LogP contribution in [0.2, 0.25) is 0 Å². The van der Waals surface area contributed by atoms with Crippen molar-refractivity contribution in [3.05, 3.63) is 52.3 Å². The second-order valence-electron chi connectivity index (χ2n) is 4.67. The van der Waals surface area contributed by atoms with Crippen molar-refractivity contribution in [2.75, 3.05) is 18.7 Å². The maximum atomic E-state index is 13.3. The van der Waals surface area contributed by atoms with Gasteiger partial charge in [0.05, 0.1) is 10.5 Å². The Morgan fingerprint density at radius 2 is 2.00 bits per heavy atom. The highest BCUT2D eigenvalue weighted by atomic mass is 79.9. The monoisotopic (exact) mass is 352 g/mol. The standard InChI is InChI=1S/C15H14BrFN2O2/c16-11-6-10(2-3-12(11)17)19-13(7-18)9-1-4-14-15(5-9)21-8-20-14/h1-6,13,19H,7-8,18H2. The van der Waals surface area contributed by atoms with E-state index in [1.807, 2.05) is 18.2 Å². The fourth-order valence-electron chi connectivity index (χ4n) is 2.20. The van der Waals surface area contributed by atoms with E-state index in [0.717, 1.165) is 17.0 Å². The van der Waals surface area contributed by atoms with Crippen molar-refractivity contribution < 1.29 is 13.9 Å². The van der Waals surface area contributed by atoms with Crippen LogP contribution in [0.15, 0.2) is 40.9 Å². The lowest BCUT2D eigenvalue weighted by atomic mass is 10.1. The van der Waals surface area contributed by atoms with Crippen LogP contribution in [-0.2, 0) is 0 Å². The summed E-state index contributed by atoms with van der Waals surface area (Å²) in [4.78, 5) is 0. The van der Waals surface area contributed by atoms with E-state index in [-0.39, 0.29) is 18.7 Å². The second-order valence-corrected chi connectivity index (χ2v) is 5.53. The fourth-order valence-corrected chi connectivity index (χ4v) is 2.57. The van der Waals surface area contributed by atoms with E-state index in [2.05, 4.69) is 21.2 Å². The lowest BCUT2D eigenvalue weighted by Gasteiger charge is -2.19. The van der Waals surface area contributed by atoms with E-state index in [0.29, 0.717) is 16.8 Å². The summed E-state index contributed by atoms with van der Waals surface area (Å²) >= 11 is 3.17. The summed E-state index contributed by atoms with van der Waals surface area (Å²) in [6.07, 6.45) is 0. The Morgan fingerprint density at radius 1 is 1.19 bits per heavy atom. The molecule has 3 N–H and O–H groups in total. The van der Waals surface area contributed by atoms with E-state index in [1.165, 1.54) is 6.07 Å². The van der Waals surface area contributed by atoms with Gasteiger partial charge < -0.3 is 20.5 Å². The molecule has 0 amide bonds. The van der Waals surface area contributed by atoms with Crippen LogP contribution in [0.5, 0.6) is 11.5 Å². The van der Waals surface area contributed by atoms with Gasteiger partial charge in [-0.3, -0.25) is 0 Å². The number of hydrogen-bond donors (Lipinski definition) is 2. The van der Waals surface area contributed by atoms with Gasteiger partial charge in [-0.05, 0) is 51.8 Å². The number of rotatable bonds is 4. The summed E-state index contributed by atoms with van der Waals surface area (Å²) in [5, 5.41) is 3.29. The van der Waals surface area contributed by atoms with Gasteiger partial charge in [-0.25, -0.2) is 4.39 Å². The number of hydrogen-bond acceptors (Lipinski definition) is 4. The molecule has 0 bridgehead atoms. The SMILES string of the molecule is NCC(Nc1ccc(F)c(Br)c1)c1ccc2c(c1)OCO2. The first-order valence-electron chi connectivity index (χ1n) is 6.48. The average Bonchev–Trinajstić information content (AvgIpc) is 2.95. The van der Waals surface area contributed by atoms with Crippen LogP contribution in [0.3, 0.4) is 0 Å². The van der Waals surface area contributed by atoms with E-state index in [9.17, 15) is 4.39 Å². The minimum Gasteiger partial charge on any atom is -0.454 e. The summed E-state index contributed by atoms with van der Waals surface area (Å²) in [7, 11) is 0. The smallest absolute Gasteiger partial charge is 0.231 e. The molecular formula is C15H14BrFN2O2. The zero-order valence-electron chi connectivity index (χ0n) is 11.1. The highest BCUT2D eigenvalue weighted by Crippen LogP contribution is 2.35. The average molecular weight is 353 g/mol. The van der Waals surface area contributed by atoms with Gasteiger partial charge in [-0.1, -0.05) is 6.07 Å². The normalized spacial score (nSPS) is 14.0. The minimum atomic E-state index is -0.298. The molecular weight excluding hydrogens is 339 g/mol. The van der Waals surface area contributed by atoms with Gasteiger partial charge in [0.1, 0.15) is 5.82 Å². The van der Waals surface area contributed by atoms with Crippen LogP contribution in [0.25, 0.3) is 0 Å². The quantitative estimate of drug-likeness (QED) is 0.884. The molecule has 1 atom stereocenters. The molecule has 2 aromatic carbocycles. The van der Waals surface area contributed by atoms with Gasteiger partial charge in [0.15, 0.2) is 11.5 Å². The van der Waals surface area contributed by atoms with Crippen LogP contribution < -0.4 is 20.5 Å². The molecule has 1 heterocycles. The first kappa shape index (κ1) is 14.2. The predicted molar refractivity (Wildman–Crippen MR) is 82.1 cm³/mol. The van der Waals surface area contributed by atoms with Crippen LogP contribution >= 0.6 is 15.9 Å². The van der Waals surface area contributed by atoms with Gasteiger partial charge in [-0.2, -0.15) is 0 Å². The molecule has 3 rings (SSSR count). The van der Waals surface area contributed by atoms with Gasteiger partial charge in [0, 0.05) is 12.2 Å². The summed E-state index contributed by atoms with van der Waals surface area (Å²) in [6.45, 7) is 0.638. The topological polar surface area (TPSA) is 56.5 Å². The molecule has 0 saturated heterocycles. The molecule has 0 radical (unpaired) electrons. The third kappa shape index (κ3) is 2.96. The number of fused-ring (bicyclic) bond motifs is 1. The van der Waals surface area contributed by atoms with E-state index >= 15 is 0 Å². The predicted octanol–water partition coefficient (Wildman–Crippen LogP) is 3.43. The van der Waals surface area contributed by atoms with Crippen LogP contribution in [-0.4, -0.2) is 13.3 Å². The van der Waals surface area contributed by atoms with Crippen LogP contribution in [0, 0.1) is 5.82 Å². The Bertz CT molecular complexity index is 666. The van der Waals surface area contributed by atoms with Crippen LogP contribution in [0.1, 0.15) is 11.6 Å². The molecule has 110 valence electrons.